The van der Waals surface area contributed by atoms with E-state index >= 15 is 0 Å². The maximum absolute atomic E-state index is 13.9. The minimum atomic E-state index is -0.368. The van der Waals surface area contributed by atoms with E-state index in [1.165, 1.54) is 17.4 Å². The minimum absolute atomic E-state index is 0.127. The van der Waals surface area contributed by atoms with E-state index in [4.69, 9.17) is 0 Å². The van der Waals surface area contributed by atoms with Gasteiger partial charge in [-0.15, -0.1) is 11.3 Å². The zero-order valence-electron chi connectivity index (χ0n) is 10.6. The van der Waals surface area contributed by atoms with Crippen molar-refractivity contribution in [1.29, 1.82) is 0 Å². The molecule has 0 aliphatic heterocycles. The summed E-state index contributed by atoms with van der Waals surface area (Å²) in [5.41, 5.74) is 2.14. The highest BCUT2D eigenvalue weighted by Crippen LogP contribution is 2.28. The van der Waals surface area contributed by atoms with E-state index in [-0.39, 0.29) is 11.6 Å². The summed E-state index contributed by atoms with van der Waals surface area (Å²) in [6.07, 6.45) is 1.58. The number of halogens is 1. The van der Waals surface area contributed by atoms with Crippen molar-refractivity contribution in [3.05, 3.63) is 57.2 Å². The number of rotatable bonds is 2. The van der Waals surface area contributed by atoms with Crippen molar-refractivity contribution in [2.75, 3.05) is 0 Å². The largest absolute Gasteiger partial charge is 0.360 e. The smallest absolute Gasteiger partial charge is 0.205 e. The van der Waals surface area contributed by atoms with Gasteiger partial charge < -0.3 is 4.98 Å². The summed E-state index contributed by atoms with van der Waals surface area (Å²) in [6, 6.07) is 6.63. The van der Waals surface area contributed by atoms with Gasteiger partial charge in [-0.05, 0) is 37.6 Å². The lowest BCUT2D eigenvalue weighted by Gasteiger charge is -1.97. The molecule has 1 N–H and O–H groups in total. The van der Waals surface area contributed by atoms with Crippen molar-refractivity contribution in [3.63, 3.8) is 0 Å². The summed E-state index contributed by atoms with van der Waals surface area (Å²) in [6.45, 7) is 3.95. The van der Waals surface area contributed by atoms with Crippen molar-refractivity contribution in [3.8, 4) is 0 Å². The van der Waals surface area contributed by atoms with Gasteiger partial charge in [-0.1, -0.05) is 6.07 Å². The fourth-order valence-corrected chi connectivity index (χ4v) is 3.13. The van der Waals surface area contributed by atoms with Crippen LogP contribution in [0.25, 0.3) is 10.9 Å². The van der Waals surface area contributed by atoms with Crippen LogP contribution in [0.1, 0.15) is 25.7 Å². The number of aromatic amines is 1. The topological polar surface area (TPSA) is 32.9 Å². The van der Waals surface area contributed by atoms with Crippen LogP contribution in [0.4, 0.5) is 4.39 Å². The molecule has 2 nitrogen and oxygen atoms in total. The summed E-state index contributed by atoms with van der Waals surface area (Å²) < 4.78 is 13.9. The molecule has 0 spiro atoms. The van der Waals surface area contributed by atoms with Crippen LogP contribution in [0.5, 0.6) is 0 Å². The second-order valence-electron chi connectivity index (χ2n) is 4.54. The van der Waals surface area contributed by atoms with Crippen LogP contribution in [-0.4, -0.2) is 10.8 Å². The van der Waals surface area contributed by atoms with Crippen LogP contribution < -0.4 is 0 Å². The van der Waals surface area contributed by atoms with E-state index in [1.807, 2.05) is 19.9 Å². The molecule has 0 radical (unpaired) electrons. The zero-order chi connectivity index (χ0) is 13.6. The molecular weight excluding hydrogens is 261 g/mol. The molecule has 3 aromatic rings. The summed E-state index contributed by atoms with van der Waals surface area (Å²) in [5.74, 6) is -0.496. The van der Waals surface area contributed by atoms with Gasteiger partial charge in [-0.3, -0.25) is 4.79 Å². The molecule has 0 fully saturated rings. The Kier molecular flexibility index (Phi) is 2.75. The number of ketones is 1. The van der Waals surface area contributed by atoms with Gasteiger partial charge in [0.15, 0.2) is 0 Å². The molecule has 0 saturated heterocycles. The van der Waals surface area contributed by atoms with Gasteiger partial charge in [0.1, 0.15) is 5.82 Å². The number of carbonyl (C=O) groups is 1. The predicted octanol–water partition coefficient (Wildman–Crippen LogP) is 4.22. The minimum Gasteiger partial charge on any atom is -0.360 e. The average molecular weight is 273 g/mol. The number of benzene rings is 1. The first-order valence-corrected chi connectivity index (χ1v) is 6.77. The Morgan fingerprint density at radius 3 is 2.79 bits per heavy atom. The fourth-order valence-electron chi connectivity index (χ4n) is 2.14. The van der Waals surface area contributed by atoms with E-state index in [0.29, 0.717) is 21.3 Å². The van der Waals surface area contributed by atoms with Crippen molar-refractivity contribution in [2.24, 2.45) is 0 Å². The summed E-state index contributed by atoms with van der Waals surface area (Å²) >= 11 is 1.45. The van der Waals surface area contributed by atoms with Crippen molar-refractivity contribution < 1.29 is 9.18 Å². The Bertz CT molecular complexity index is 765. The van der Waals surface area contributed by atoms with Crippen molar-refractivity contribution in [1.82, 2.24) is 4.98 Å². The third kappa shape index (κ3) is 1.88. The molecule has 0 aliphatic rings. The van der Waals surface area contributed by atoms with Crippen LogP contribution in [0, 0.1) is 19.7 Å². The quantitative estimate of drug-likeness (QED) is 0.697. The number of hydrogen-bond acceptors (Lipinski definition) is 2. The Balaban J connectivity index is 2.17. The summed E-state index contributed by atoms with van der Waals surface area (Å²) in [4.78, 5) is 17.2. The number of nitrogens with one attached hydrogen (secondary N) is 1. The highest BCUT2D eigenvalue weighted by Gasteiger charge is 2.18. The number of hydrogen-bond donors (Lipinski definition) is 1. The Morgan fingerprint density at radius 1 is 1.32 bits per heavy atom. The summed E-state index contributed by atoms with van der Waals surface area (Å²) in [7, 11) is 0. The van der Waals surface area contributed by atoms with E-state index in [9.17, 15) is 9.18 Å². The molecule has 0 unspecified atom stereocenters. The van der Waals surface area contributed by atoms with Crippen LogP contribution in [0.2, 0.25) is 0 Å². The molecule has 4 heteroatoms. The van der Waals surface area contributed by atoms with Crippen LogP contribution >= 0.6 is 11.3 Å². The molecule has 2 heterocycles. The van der Waals surface area contributed by atoms with E-state index in [1.54, 1.807) is 18.3 Å². The first kappa shape index (κ1) is 12.1. The first-order chi connectivity index (χ1) is 9.08. The molecule has 2 aromatic heterocycles. The standard InChI is InChI=1S/C15H12FNOS/c1-8-6-13(19-9(8)2)15(18)10-7-17-12-5-3-4-11(16)14(10)12/h3-7,17H,1-2H3. The van der Waals surface area contributed by atoms with E-state index < -0.39 is 0 Å². The van der Waals surface area contributed by atoms with Crippen molar-refractivity contribution in [2.45, 2.75) is 13.8 Å². The van der Waals surface area contributed by atoms with Gasteiger partial charge in [-0.2, -0.15) is 0 Å². The van der Waals surface area contributed by atoms with Crippen LogP contribution in [0.15, 0.2) is 30.5 Å². The normalized spacial score (nSPS) is 11.1. The van der Waals surface area contributed by atoms with Gasteiger partial charge in [0.25, 0.3) is 0 Å². The Hall–Kier alpha value is -1.94. The van der Waals surface area contributed by atoms with Gasteiger partial charge in [0.2, 0.25) is 5.78 Å². The number of H-pyrrole nitrogens is 1. The lowest BCUT2D eigenvalue weighted by atomic mass is 10.1. The van der Waals surface area contributed by atoms with E-state index in [2.05, 4.69) is 4.98 Å². The number of aromatic nitrogens is 1. The van der Waals surface area contributed by atoms with Gasteiger partial charge in [-0.25, -0.2) is 4.39 Å². The highest BCUT2D eigenvalue weighted by atomic mass is 32.1. The molecule has 0 saturated carbocycles. The molecule has 0 aliphatic carbocycles. The highest BCUT2D eigenvalue weighted by molar-refractivity contribution is 7.14. The third-order valence-electron chi connectivity index (χ3n) is 3.29. The van der Waals surface area contributed by atoms with Crippen molar-refractivity contribution >= 4 is 28.0 Å². The molecule has 96 valence electrons. The Labute approximate surface area is 113 Å². The Morgan fingerprint density at radius 2 is 2.11 bits per heavy atom. The molecule has 1 aromatic carbocycles. The maximum atomic E-state index is 13.9. The lowest BCUT2D eigenvalue weighted by Crippen LogP contribution is -1.98. The van der Waals surface area contributed by atoms with Gasteiger partial charge in [0, 0.05) is 22.0 Å². The first-order valence-electron chi connectivity index (χ1n) is 5.95. The predicted molar refractivity (Wildman–Crippen MR) is 75.5 cm³/mol. The maximum Gasteiger partial charge on any atom is 0.205 e. The second kappa shape index (κ2) is 4.31. The van der Waals surface area contributed by atoms with Gasteiger partial charge >= 0.3 is 0 Å². The molecule has 0 amide bonds. The number of aryl methyl sites for hydroxylation is 2. The number of carbonyl (C=O) groups excluding carboxylic acids is 1. The third-order valence-corrected chi connectivity index (χ3v) is 4.44. The lowest BCUT2D eigenvalue weighted by molar-refractivity contribution is 0.104. The molecule has 3 rings (SSSR count). The van der Waals surface area contributed by atoms with Crippen LogP contribution in [0.3, 0.4) is 0 Å². The number of fused-ring (bicyclic) bond motifs is 1. The SMILES string of the molecule is Cc1cc(C(=O)c2c[nH]c3cccc(F)c23)sc1C. The molecule has 0 atom stereocenters. The van der Waals surface area contributed by atoms with Crippen LogP contribution in [-0.2, 0) is 0 Å². The molecule has 0 bridgehead atoms. The van der Waals surface area contributed by atoms with Gasteiger partial charge in [0.05, 0.1) is 10.4 Å². The second-order valence-corrected chi connectivity index (χ2v) is 5.80. The zero-order valence-corrected chi connectivity index (χ0v) is 11.4. The monoisotopic (exact) mass is 273 g/mol. The van der Waals surface area contributed by atoms with E-state index in [0.717, 1.165) is 10.4 Å². The summed E-state index contributed by atoms with van der Waals surface area (Å²) in [5, 5.41) is 0.371. The molecular formula is C15H12FNOS. The molecule has 19 heavy (non-hydrogen) atoms. The fraction of sp³-hybridized carbons (Fsp3) is 0.133. The number of thiophene rings is 1. The average Bonchev–Trinajstić information content (AvgIpc) is 2.94.